The Kier molecular flexibility index (Phi) is 4.41. The second-order valence-corrected chi connectivity index (χ2v) is 7.04. The van der Waals surface area contributed by atoms with Gasteiger partial charge in [0, 0.05) is 23.5 Å². The van der Waals surface area contributed by atoms with Crippen LogP contribution in [0.1, 0.15) is 29.5 Å². The zero-order valence-electron chi connectivity index (χ0n) is 15.2. The number of benzene rings is 2. The van der Waals surface area contributed by atoms with Gasteiger partial charge in [-0.3, -0.25) is 4.79 Å². The van der Waals surface area contributed by atoms with Crippen molar-refractivity contribution in [3.8, 4) is 5.75 Å². The predicted octanol–water partition coefficient (Wildman–Crippen LogP) is 4.48. The number of aryl methyl sites for hydroxylation is 1. The van der Waals surface area contributed by atoms with Crippen molar-refractivity contribution in [1.29, 1.82) is 0 Å². The van der Waals surface area contributed by atoms with Gasteiger partial charge in [-0.15, -0.1) is 0 Å². The van der Waals surface area contributed by atoms with E-state index in [4.69, 9.17) is 9.15 Å². The average molecular weight is 349 g/mol. The number of carbonyl (C=O) groups is 1. The van der Waals surface area contributed by atoms with Crippen LogP contribution in [0.15, 0.2) is 53.1 Å². The lowest BCUT2D eigenvalue weighted by Gasteiger charge is -2.22. The Labute approximate surface area is 153 Å². The monoisotopic (exact) mass is 349 g/mol. The summed E-state index contributed by atoms with van der Waals surface area (Å²) >= 11 is 0. The summed E-state index contributed by atoms with van der Waals surface area (Å²) in [5, 5.41) is 1.03. The van der Waals surface area contributed by atoms with Gasteiger partial charge < -0.3 is 14.1 Å². The third-order valence-corrected chi connectivity index (χ3v) is 4.97. The lowest BCUT2D eigenvalue weighted by molar-refractivity contribution is -0.131. The first kappa shape index (κ1) is 16.7. The molecule has 1 aliphatic carbocycles. The number of fused-ring (bicyclic) bond motifs is 1. The molecule has 0 atom stereocenters. The minimum atomic E-state index is 0.159. The van der Waals surface area contributed by atoms with Crippen LogP contribution in [0.2, 0.25) is 0 Å². The summed E-state index contributed by atoms with van der Waals surface area (Å²) < 4.78 is 10.9. The third kappa shape index (κ3) is 3.45. The maximum Gasteiger partial charge on any atom is 0.227 e. The van der Waals surface area contributed by atoms with Crippen molar-refractivity contribution >= 4 is 16.9 Å². The molecule has 26 heavy (non-hydrogen) atoms. The fourth-order valence-electron chi connectivity index (χ4n) is 3.33. The number of hydrogen-bond acceptors (Lipinski definition) is 3. The molecule has 1 saturated carbocycles. The molecule has 1 amide bonds. The quantitative estimate of drug-likeness (QED) is 0.659. The van der Waals surface area contributed by atoms with Gasteiger partial charge in [-0.1, -0.05) is 24.3 Å². The van der Waals surface area contributed by atoms with Crippen LogP contribution in [0.25, 0.3) is 11.0 Å². The van der Waals surface area contributed by atoms with Gasteiger partial charge in [0.15, 0.2) is 0 Å². The number of hydrogen-bond donors (Lipinski definition) is 0. The molecule has 0 aliphatic heterocycles. The summed E-state index contributed by atoms with van der Waals surface area (Å²) in [6, 6.07) is 14.4. The Morgan fingerprint density at radius 2 is 1.96 bits per heavy atom. The minimum Gasteiger partial charge on any atom is -0.497 e. The molecule has 1 aliphatic rings. The molecule has 4 heteroatoms. The number of ether oxygens (including phenoxy) is 1. The van der Waals surface area contributed by atoms with E-state index in [2.05, 4.69) is 6.07 Å². The zero-order chi connectivity index (χ0) is 18.1. The van der Waals surface area contributed by atoms with Crippen molar-refractivity contribution in [3.63, 3.8) is 0 Å². The first-order chi connectivity index (χ1) is 12.6. The van der Waals surface area contributed by atoms with Crippen LogP contribution in [-0.4, -0.2) is 24.0 Å². The second-order valence-electron chi connectivity index (χ2n) is 7.04. The standard InChI is InChI=1S/C22H23NO3/c1-15-3-10-20-17(14-26-21(20)11-15)12-22(24)23(18-6-7-18)13-16-4-8-19(25-2)9-5-16/h3-5,8-11,14,18H,6-7,12-13H2,1-2H3. The Hall–Kier alpha value is -2.75. The van der Waals surface area contributed by atoms with Crippen LogP contribution in [0.3, 0.4) is 0 Å². The topological polar surface area (TPSA) is 42.7 Å². The molecular formula is C22H23NO3. The third-order valence-electron chi connectivity index (χ3n) is 4.97. The van der Waals surface area contributed by atoms with Crippen molar-refractivity contribution < 1.29 is 13.9 Å². The second kappa shape index (κ2) is 6.87. The number of rotatable bonds is 6. The highest BCUT2D eigenvalue weighted by Crippen LogP contribution is 2.30. The molecule has 1 aromatic heterocycles. The molecule has 0 saturated heterocycles. The number of carbonyl (C=O) groups excluding carboxylic acids is 1. The van der Waals surface area contributed by atoms with Crippen molar-refractivity contribution in [2.24, 2.45) is 0 Å². The van der Waals surface area contributed by atoms with Crippen LogP contribution in [0, 0.1) is 6.92 Å². The van der Waals surface area contributed by atoms with Crippen LogP contribution >= 0.6 is 0 Å². The van der Waals surface area contributed by atoms with Crippen molar-refractivity contribution in [3.05, 3.63) is 65.4 Å². The van der Waals surface area contributed by atoms with Gasteiger partial charge in [-0.25, -0.2) is 0 Å². The van der Waals surface area contributed by atoms with E-state index in [0.29, 0.717) is 19.0 Å². The van der Waals surface area contributed by atoms with Crippen LogP contribution in [0.4, 0.5) is 0 Å². The number of furan rings is 1. The molecule has 0 bridgehead atoms. The highest BCUT2D eigenvalue weighted by Gasteiger charge is 2.32. The Bertz CT molecular complexity index is 922. The molecule has 0 unspecified atom stereocenters. The lowest BCUT2D eigenvalue weighted by Crippen LogP contribution is -2.33. The molecule has 4 nitrogen and oxygen atoms in total. The van der Waals surface area contributed by atoms with Crippen molar-refractivity contribution in [2.75, 3.05) is 7.11 Å². The van der Waals surface area contributed by atoms with Gasteiger partial charge in [0.25, 0.3) is 0 Å². The first-order valence-corrected chi connectivity index (χ1v) is 9.03. The minimum absolute atomic E-state index is 0.159. The highest BCUT2D eigenvalue weighted by atomic mass is 16.5. The van der Waals surface area contributed by atoms with Crippen LogP contribution < -0.4 is 4.74 Å². The van der Waals surface area contributed by atoms with Gasteiger partial charge in [0.1, 0.15) is 11.3 Å². The van der Waals surface area contributed by atoms with Gasteiger partial charge in [0.05, 0.1) is 19.8 Å². The van der Waals surface area contributed by atoms with Crippen molar-refractivity contribution in [2.45, 2.75) is 38.8 Å². The fourth-order valence-corrected chi connectivity index (χ4v) is 3.33. The van der Waals surface area contributed by atoms with E-state index >= 15 is 0 Å². The van der Waals surface area contributed by atoms with Gasteiger partial charge in [-0.05, 0) is 49.1 Å². The molecule has 2 aromatic carbocycles. The molecular weight excluding hydrogens is 326 g/mol. The Morgan fingerprint density at radius 1 is 1.19 bits per heavy atom. The molecule has 1 fully saturated rings. The van der Waals surface area contributed by atoms with E-state index in [1.54, 1.807) is 13.4 Å². The Morgan fingerprint density at radius 3 is 2.65 bits per heavy atom. The van der Waals surface area contributed by atoms with E-state index in [-0.39, 0.29) is 5.91 Å². The zero-order valence-corrected chi connectivity index (χ0v) is 15.2. The average Bonchev–Trinajstić information content (AvgIpc) is 3.42. The number of methoxy groups -OCH3 is 1. The van der Waals surface area contributed by atoms with Crippen LogP contribution in [-0.2, 0) is 17.8 Å². The maximum absolute atomic E-state index is 13.0. The van der Waals surface area contributed by atoms with Gasteiger partial charge >= 0.3 is 0 Å². The van der Waals surface area contributed by atoms with Gasteiger partial charge in [0.2, 0.25) is 5.91 Å². The highest BCUT2D eigenvalue weighted by molar-refractivity contribution is 5.88. The molecule has 0 radical (unpaired) electrons. The summed E-state index contributed by atoms with van der Waals surface area (Å²) in [7, 11) is 1.66. The summed E-state index contributed by atoms with van der Waals surface area (Å²) in [6.45, 7) is 2.68. The van der Waals surface area contributed by atoms with E-state index in [1.807, 2.05) is 48.2 Å². The Balaban J connectivity index is 1.51. The normalized spacial score (nSPS) is 13.8. The van der Waals surface area contributed by atoms with E-state index < -0.39 is 0 Å². The summed E-state index contributed by atoms with van der Waals surface area (Å²) in [6.07, 6.45) is 4.28. The van der Waals surface area contributed by atoms with Crippen LogP contribution in [0.5, 0.6) is 5.75 Å². The first-order valence-electron chi connectivity index (χ1n) is 9.03. The summed E-state index contributed by atoms with van der Waals surface area (Å²) in [5.74, 6) is 0.991. The largest absolute Gasteiger partial charge is 0.497 e. The molecule has 4 rings (SSSR count). The fraction of sp³-hybridized carbons (Fsp3) is 0.318. The molecule has 3 aromatic rings. The molecule has 1 heterocycles. The smallest absolute Gasteiger partial charge is 0.227 e. The maximum atomic E-state index is 13.0. The molecule has 0 spiro atoms. The predicted molar refractivity (Wildman–Crippen MR) is 101 cm³/mol. The van der Waals surface area contributed by atoms with Crippen molar-refractivity contribution in [1.82, 2.24) is 4.90 Å². The summed E-state index contributed by atoms with van der Waals surface area (Å²) in [5.41, 5.74) is 4.09. The number of nitrogens with zero attached hydrogens (tertiary/aromatic N) is 1. The number of amides is 1. The van der Waals surface area contributed by atoms with E-state index in [1.165, 1.54) is 0 Å². The lowest BCUT2D eigenvalue weighted by atomic mass is 10.1. The van der Waals surface area contributed by atoms with Gasteiger partial charge in [-0.2, -0.15) is 0 Å². The van der Waals surface area contributed by atoms with E-state index in [9.17, 15) is 4.79 Å². The van der Waals surface area contributed by atoms with E-state index in [0.717, 1.165) is 46.3 Å². The molecule has 134 valence electrons. The molecule has 0 N–H and O–H groups in total. The SMILES string of the molecule is COc1ccc(CN(C(=O)Cc2coc3cc(C)ccc23)C2CC2)cc1. The summed E-state index contributed by atoms with van der Waals surface area (Å²) in [4.78, 5) is 15.0.